The normalized spacial score (nSPS) is 16.8. The van der Waals surface area contributed by atoms with E-state index < -0.39 is 18.1 Å². The van der Waals surface area contributed by atoms with Crippen LogP contribution in [0.25, 0.3) is 106 Å². The Morgan fingerprint density at radius 2 is 1.08 bits per heavy atom. The van der Waals surface area contributed by atoms with E-state index in [1.807, 2.05) is 53.2 Å². The largest absolute Gasteiger partial charge is 0.510 e. The van der Waals surface area contributed by atoms with Gasteiger partial charge in [-0.25, -0.2) is 4.98 Å². The molecule has 6 heteroatoms. The average molecular weight is 1310 g/mol. The van der Waals surface area contributed by atoms with Crippen LogP contribution in [0.2, 0.25) is 0 Å². The van der Waals surface area contributed by atoms with Gasteiger partial charge in [-0.3, -0.25) is 4.57 Å². The Hall–Kier alpha value is -8.11. The van der Waals surface area contributed by atoms with Crippen LogP contribution >= 0.6 is 0 Å². The number of aromatic nitrogens is 4. The molecule has 5 nitrogen and oxygen atoms in total. The Morgan fingerprint density at radius 3 is 1.74 bits per heavy atom. The van der Waals surface area contributed by atoms with Crippen LogP contribution in [0.4, 0.5) is 0 Å². The zero-order chi connectivity index (χ0) is 62.9. The van der Waals surface area contributed by atoms with Crippen LogP contribution in [0.15, 0.2) is 188 Å². The second-order valence-electron chi connectivity index (χ2n) is 27.7. The Bertz CT molecular complexity index is 5030. The molecule has 0 fully saturated rings. The van der Waals surface area contributed by atoms with Gasteiger partial charge in [-0.15, -0.1) is 29.7 Å². The minimum atomic E-state index is -0.445. The van der Waals surface area contributed by atoms with Crippen molar-refractivity contribution in [1.82, 2.24) is 14.1 Å². The molecule has 0 unspecified atom stereocenters. The molecule has 0 saturated heterocycles. The summed E-state index contributed by atoms with van der Waals surface area (Å²) < 4.78 is 59.7. The zero-order valence-electron chi connectivity index (χ0n) is 55.9. The van der Waals surface area contributed by atoms with Gasteiger partial charge in [0.25, 0.3) is 6.33 Å². The Kier molecular flexibility index (Phi) is 11.6. The summed E-state index contributed by atoms with van der Waals surface area (Å²) in [5.41, 5.74) is 19.7. The maximum atomic E-state index is 9.74. The van der Waals surface area contributed by atoms with Gasteiger partial charge in [0.15, 0.2) is 0 Å². The molecule has 0 bridgehead atoms. The minimum Gasteiger partial charge on any atom is -0.510 e. The predicted octanol–water partition coefficient (Wildman–Crippen LogP) is 20.2. The van der Waals surface area contributed by atoms with Crippen molar-refractivity contribution < 1.29 is 37.2 Å². The maximum absolute atomic E-state index is 9.74. The number of fused-ring (bicyclic) bond motifs is 14. The summed E-state index contributed by atoms with van der Waals surface area (Å²) in [5, 5.41) is 2.12. The first-order valence-electron chi connectivity index (χ1n) is 32.6. The van der Waals surface area contributed by atoms with E-state index in [9.17, 15) is 5.48 Å². The molecule has 0 spiro atoms. The van der Waals surface area contributed by atoms with Gasteiger partial charge in [-0.2, -0.15) is 18.2 Å². The maximum Gasteiger partial charge on any atom is 0.268 e. The average Bonchev–Trinajstić information content (AvgIpc) is 1.29. The molecule has 86 heavy (non-hydrogen) atoms. The molecule has 0 atom stereocenters. The number of rotatable bonds is 6. The Labute approximate surface area is 528 Å². The number of pyridine rings is 1. The van der Waals surface area contributed by atoms with E-state index in [1.54, 1.807) is 0 Å². The van der Waals surface area contributed by atoms with Crippen molar-refractivity contribution in [2.75, 3.05) is 0 Å². The van der Waals surface area contributed by atoms with Gasteiger partial charge in [-0.05, 0) is 178 Å². The number of hydrogen-bond acceptors (Lipinski definition) is 2. The molecule has 0 N–H and O–H groups in total. The predicted molar refractivity (Wildman–Crippen MR) is 350 cm³/mol. The number of benzene rings is 9. The van der Waals surface area contributed by atoms with Gasteiger partial charge in [0.1, 0.15) is 5.82 Å². The fourth-order valence-corrected chi connectivity index (χ4v) is 14.3. The summed E-state index contributed by atoms with van der Waals surface area (Å²) in [6.07, 6.45) is 9.92. The topological polar surface area (TPSA) is 35.9 Å². The summed E-state index contributed by atoms with van der Waals surface area (Å²) in [7, 11) is 0. The molecule has 430 valence electrons. The number of hydrogen-bond donors (Lipinski definition) is 0. The molecule has 9 aromatic carbocycles. The Morgan fingerprint density at radius 1 is 0.523 bits per heavy atom. The van der Waals surface area contributed by atoms with E-state index >= 15 is 0 Å². The van der Waals surface area contributed by atoms with Gasteiger partial charge in [0.2, 0.25) is 0 Å². The van der Waals surface area contributed by atoms with E-state index in [0.29, 0.717) is 28.4 Å². The summed E-state index contributed by atoms with van der Waals surface area (Å²) in [6, 6.07) is 59.0. The van der Waals surface area contributed by atoms with Crippen LogP contribution in [0.1, 0.15) is 137 Å². The fourth-order valence-electron chi connectivity index (χ4n) is 14.3. The van der Waals surface area contributed by atoms with Gasteiger partial charge < -0.3 is 13.9 Å². The summed E-state index contributed by atoms with van der Waals surface area (Å²) in [4.78, 5) is 4.90. The first-order chi connectivity index (χ1) is 42.8. The standard InChI is InChI=1S/C80H72N4O.Pt/c1-76(2,3)51-36-41-81-73(42-51)84-69-29-18-17-28-58(69)59-33-32-54(44-72(59)84)85-53-25-21-24-52(43-53)82-49-83(71-31-20-19-30-70(71)82)75-55(50-22-13-12-14-23-50)34-35-60-56-26-15-16-27-57(56)61-45-65-66(78(6,7)38-37-77(65,4)5)46-62(61)63-47-67-68(48-64(63)74(60)75)80(10,11)40-39-79(67,8)9;/h12-36,41-42,45-48H,37-40H2,1-11H3;/q-2;/i12D,13D,14D,22D,23D;. The van der Waals surface area contributed by atoms with E-state index in [4.69, 9.17) is 11.1 Å². The third kappa shape index (κ3) is 8.88. The minimum absolute atomic E-state index is 0. The third-order valence-electron chi connectivity index (χ3n) is 19.4. The molecule has 12 aromatic rings. The Balaban J connectivity index is 0.00000721. The monoisotopic (exact) mass is 1300 g/mol. The van der Waals surface area contributed by atoms with E-state index in [-0.39, 0.29) is 65.8 Å². The van der Waals surface area contributed by atoms with Gasteiger partial charge >= 0.3 is 0 Å². The fraction of sp³-hybridized carbons (Fsp3) is 0.250. The number of imidazole rings is 1. The molecule has 3 aliphatic rings. The van der Waals surface area contributed by atoms with E-state index in [1.165, 1.54) is 33.4 Å². The van der Waals surface area contributed by atoms with Crippen LogP contribution in [0, 0.1) is 18.5 Å². The van der Waals surface area contributed by atoms with Gasteiger partial charge in [0.05, 0.1) is 23.6 Å². The first kappa shape index (κ1) is 50.1. The van der Waals surface area contributed by atoms with Gasteiger partial charge in [0, 0.05) is 49.8 Å². The van der Waals surface area contributed by atoms with Crippen molar-refractivity contribution in [2.45, 2.75) is 129 Å². The summed E-state index contributed by atoms with van der Waals surface area (Å²) >= 11 is 0. The van der Waals surface area contributed by atoms with Crippen molar-refractivity contribution in [3.63, 3.8) is 0 Å². The summed E-state index contributed by atoms with van der Waals surface area (Å²) in [5.74, 6) is 1.78. The molecule has 3 heterocycles. The molecule has 3 aliphatic carbocycles. The third-order valence-corrected chi connectivity index (χ3v) is 19.4. The number of nitrogens with zero attached hydrogens (tertiary/aromatic N) is 4. The second-order valence-corrected chi connectivity index (χ2v) is 27.7. The first-order valence-corrected chi connectivity index (χ1v) is 30.1. The van der Waals surface area contributed by atoms with Crippen LogP contribution in [0.3, 0.4) is 0 Å². The zero-order valence-corrected chi connectivity index (χ0v) is 53.1. The van der Waals surface area contributed by atoms with Crippen molar-refractivity contribution in [3.05, 3.63) is 234 Å². The molecular weight excluding hydrogens is 1230 g/mol. The van der Waals surface area contributed by atoms with E-state index in [0.717, 1.165) is 103 Å². The van der Waals surface area contributed by atoms with Gasteiger partial charge in [-0.1, -0.05) is 197 Å². The SMILES string of the molecule is [2H]c1c([2H])c([2H])c(-c2ccc3c(c2-[n+]2[c-]n(-c4[c-]c(Oc5[c-]c6c(cc5)c5ccccc5n6-c5cc(C(C)(C)C)ccn5)ccc4)c4ccccc42)-c2cc4c(cc2-c2cc5c(cc2-c2ccccc2-3)C(C)(C)CCC5(C)C)C(C)(C)CCC4(C)C)c([2H])c1[2H].[Pt]. The quantitative estimate of drug-likeness (QED) is 0.123. The molecule has 3 aromatic heterocycles. The number of ether oxygens (including phenoxy) is 1. The van der Waals surface area contributed by atoms with Crippen LogP contribution in [0.5, 0.6) is 11.5 Å². The number of para-hydroxylation sites is 3. The van der Waals surface area contributed by atoms with Crippen molar-refractivity contribution in [2.24, 2.45) is 0 Å². The van der Waals surface area contributed by atoms with Crippen molar-refractivity contribution >= 4 is 32.8 Å². The molecule has 0 aliphatic heterocycles. The van der Waals surface area contributed by atoms with Crippen molar-refractivity contribution in [3.8, 4) is 84.3 Å². The molecule has 0 saturated carbocycles. The van der Waals surface area contributed by atoms with Crippen LogP contribution < -0.4 is 9.30 Å². The van der Waals surface area contributed by atoms with Crippen LogP contribution in [-0.2, 0) is 48.1 Å². The van der Waals surface area contributed by atoms with Crippen LogP contribution in [-0.4, -0.2) is 14.1 Å². The molecule has 15 rings (SSSR count). The molecule has 0 radical (unpaired) electrons. The molecule has 0 amide bonds. The second kappa shape index (κ2) is 20.0. The summed E-state index contributed by atoms with van der Waals surface area (Å²) in [6.45, 7) is 25.7. The van der Waals surface area contributed by atoms with Crippen molar-refractivity contribution in [1.29, 1.82) is 0 Å². The van der Waals surface area contributed by atoms with E-state index in [2.05, 4.69) is 213 Å². The smallest absolute Gasteiger partial charge is 0.268 e. The molecular formula is C80H72N4OPt-2.